The molecule has 0 saturated carbocycles. The number of benzene rings is 1. The maximum absolute atomic E-state index is 12.3. The molecule has 1 aliphatic heterocycles. The molecule has 1 saturated heterocycles. The molecule has 1 aromatic carbocycles. The summed E-state index contributed by atoms with van der Waals surface area (Å²) in [5, 5.41) is 4.54. The summed E-state index contributed by atoms with van der Waals surface area (Å²) >= 11 is 5.98. The van der Waals surface area contributed by atoms with Gasteiger partial charge in [-0.1, -0.05) is 28.9 Å². The molecule has 23 heavy (non-hydrogen) atoms. The van der Waals surface area contributed by atoms with Crippen molar-refractivity contribution in [1.29, 1.82) is 0 Å². The third-order valence-electron chi connectivity index (χ3n) is 3.71. The van der Waals surface area contributed by atoms with Crippen LogP contribution in [0.1, 0.15) is 17.3 Å². The quantitative estimate of drug-likeness (QED) is 0.877. The van der Waals surface area contributed by atoms with Crippen LogP contribution in [0.15, 0.2) is 28.8 Å². The average Bonchev–Trinajstić information content (AvgIpc) is 2.98. The highest BCUT2D eigenvalue weighted by Gasteiger charge is 2.25. The molecule has 0 radical (unpaired) electrons. The molecule has 1 fully saturated rings. The van der Waals surface area contributed by atoms with Gasteiger partial charge in [0, 0.05) is 24.7 Å². The average molecular weight is 336 g/mol. The fourth-order valence-corrected chi connectivity index (χ4v) is 2.77. The topological polar surface area (TPSA) is 88.5 Å². The highest BCUT2D eigenvalue weighted by atomic mass is 35.5. The van der Waals surface area contributed by atoms with E-state index in [9.17, 15) is 4.79 Å². The van der Waals surface area contributed by atoms with Gasteiger partial charge in [0.1, 0.15) is 0 Å². The number of nitrogens with two attached hydrogens (primary N) is 1. The van der Waals surface area contributed by atoms with Crippen molar-refractivity contribution in [3.8, 4) is 0 Å². The van der Waals surface area contributed by atoms with Gasteiger partial charge in [-0.05, 0) is 17.7 Å². The summed E-state index contributed by atoms with van der Waals surface area (Å²) in [5.74, 6) is 1.05. The number of carbonyl (C=O) groups excluding carboxylic acids is 1. The van der Waals surface area contributed by atoms with Crippen LogP contribution in [0.2, 0.25) is 5.02 Å². The second-order valence-electron chi connectivity index (χ2n) is 5.46. The Morgan fingerprint density at radius 3 is 2.87 bits per heavy atom. The maximum atomic E-state index is 12.3. The zero-order valence-corrected chi connectivity index (χ0v) is 13.4. The van der Waals surface area contributed by atoms with Gasteiger partial charge in [-0.2, -0.15) is 4.98 Å². The van der Waals surface area contributed by atoms with Crippen molar-refractivity contribution in [3.63, 3.8) is 0 Å². The van der Waals surface area contributed by atoms with Crippen molar-refractivity contribution in [2.24, 2.45) is 5.73 Å². The van der Waals surface area contributed by atoms with E-state index in [1.807, 2.05) is 34.1 Å². The number of piperazine rings is 1. The predicted octanol–water partition coefficient (Wildman–Crippen LogP) is 1.03. The van der Waals surface area contributed by atoms with Crippen molar-refractivity contribution < 1.29 is 9.32 Å². The number of nitrogens with zero attached hydrogens (tertiary/aromatic N) is 4. The van der Waals surface area contributed by atoms with Crippen molar-refractivity contribution >= 4 is 17.5 Å². The van der Waals surface area contributed by atoms with Crippen molar-refractivity contribution in [2.75, 3.05) is 19.6 Å². The normalized spacial score (nSPS) is 16.1. The SMILES string of the molecule is NCc1nc(CN2CCN(Cc3cccc(Cl)c3)C(=O)C2)no1. The third kappa shape index (κ3) is 4.07. The minimum Gasteiger partial charge on any atom is -0.338 e. The van der Waals surface area contributed by atoms with Gasteiger partial charge in [-0.25, -0.2) is 0 Å². The lowest BCUT2D eigenvalue weighted by atomic mass is 10.2. The lowest BCUT2D eigenvalue weighted by molar-refractivity contribution is -0.136. The minimum absolute atomic E-state index is 0.0822. The van der Waals surface area contributed by atoms with E-state index in [1.165, 1.54) is 0 Å². The van der Waals surface area contributed by atoms with Crippen LogP contribution in [-0.4, -0.2) is 45.5 Å². The number of rotatable bonds is 5. The lowest BCUT2D eigenvalue weighted by Gasteiger charge is -2.33. The van der Waals surface area contributed by atoms with Crippen LogP contribution in [0.3, 0.4) is 0 Å². The molecule has 8 heteroatoms. The molecule has 122 valence electrons. The van der Waals surface area contributed by atoms with Crippen LogP contribution in [-0.2, 0) is 24.4 Å². The molecule has 0 bridgehead atoms. The molecule has 7 nitrogen and oxygen atoms in total. The summed E-state index contributed by atoms with van der Waals surface area (Å²) in [6.07, 6.45) is 0. The Labute approximate surface area is 139 Å². The van der Waals surface area contributed by atoms with Gasteiger partial charge in [0.15, 0.2) is 5.82 Å². The van der Waals surface area contributed by atoms with E-state index in [4.69, 9.17) is 21.9 Å². The number of aromatic nitrogens is 2. The molecule has 2 N–H and O–H groups in total. The van der Waals surface area contributed by atoms with Gasteiger partial charge in [0.2, 0.25) is 11.8 Å². The molecule has 3 rings (SSSR count). The van der Waals surface area contributed by atoms with E-state index in [1.54, 1.807) is 0 Å². The summed E-state index contributed by atoms with van der Waals surface area (Å²) < 4.78 is 4.97. The van der Waals surface area contributed by atoms with Crippen LogP contribution in [0.5, 0.6) is 0 Å². The Balaban J connectivity index is 1.55. The summed E-state index contributed by atoms with van der Waals surface area (Å²) in [5.41, 5.74) is 6.47. The highest BCUT2D eigenvalue weighted by molar-refractivity contribution is 6.30. The Kier molecular flexibility index (Phi) is 4.90. The number of hydrogen-bond donors (Lipinski definition) is 1. The summed E-state index contributed by atoms with van der Waals surface area (Å²) in [6.45, 7) is 3.05. The Hall–Kier alpha value is -1.96. The molecule has 2 aromatic rings. The molecule has 1 amide bonds. The monoisotopic (exact) mass is 335 g/mol. The second-order valence-corrected chi connectivity index (χ2v) is 5.90. The zero-order chi connectivity index (χ0) is 16.2. The summed E-state index contributed by atoms with van der Waals surface area (Å²) in [6, 6.07) is 7.57. The van der Waals surface area contributed by atoms with Crippen LogP contribution in [0, 0.1) is 0 Å². The van der Waals surface area contributed by atoms with E-state index >= 15 is 0 Å². The van der Waals surface area contributed by atoms with Crippen LogP contribution < -0.4 is 5.73 Å². The standard InChI is InChI=1S/C15H18ClN5O2/c16-12-3-1-2-11(6-12)8-21-5-4-20(10-15(21)22)9-13-18-14(7-17)23-19-13/h1-3,6H,4-5,7-10,17H2. The molecular formula is C15H18ClN5O2. The maximum Gasteiger partial charge on any atom is 0.240 e. The molecule has 1 aliphatic rings. The van der Waals surface area contributed by atoms with Gasteiger partial charge >= 0.3 is 0 Å². The number of carbonyl (C=O) groups is 1. The summed E-state index contributed by atoms with van der Waals surface area (Å²) in [4.78, 5) is 20.3. The van der Waals surface area contributed by atoms with E-state index in [2.05, 4.69) is 10.1 Å². The first-order chi connectivity index (χ1) is 11.1. The molecule has 0 unspecified atom stereocenters. The van der Waals surface area contributed by atoms with Crippen molar-refractivity contribution in [1.82, 2.24) is 19.9 Å². The van der Waals surface area contributed by atoms with Gasteiger partial charge < -0.3 is 15.2 Å². The lowest BCUT2D eigenvalue weighted by Crippen LogP contribution is -2.49. The van der Waals surface area contributed by atoms with Gasteiger partial charge in [-0.15, -0.1) is 0 Å². The van der Waals surface area contributed by atoms with Gasteiger partial charge in [-0.3, -0.25) is 9.69 Å². The first-order valence-corrected chi connectivity index (χ1v) is 7.78. The molecular weight excluding hydrogens is 318 g/mol. The van der Waals surface area contributed by atoms with Crippen LogP contribution >= 0.6 is 11.6 Å². The number of hydrogen-bond acceptors (Lipinski definition) is 6. The molecule has 0 aliphatic carbocycles. The second kappa shape index (κ2) is 7.08. The molecule has 0 atom stereocenters. The zero-order valence-electron chi connectivity index (χ0n) is 12.6. The molecule has 1 aromatic heterocycles. The van der Waals surface area contributed by atoms with Crippen LogP contribution in [0.4, 0.5) is 0 Å². The largest absolute Gasteiger partial charge is 0.338 e. The smallest absolute Gasteiger partial charge is 0.240 e. The van der Waals surface area contributed by atoms with Crippen LogP contribution in [0.25, 0.3) is 0 Å². The van der Waals surface area contributed by atoms with Crippen molar-refractivity contribution in [3.05, 3.63) is 46.6 Å². The van der Waals surface area contributed by atoms with E-state index < -0.39 is 0 Å². The van der Waals surface area contributed by atoms with E-state index in [0.717, 1.165) is 12.1 Å². The highest BCUT2D eigenvalue weighted by Crippen LogP contribution is 2.15. The predicted molar refractivity (Wildman–Crippen MR) is 84.3 cm³/mol. The number of amides is 1. The van der Waals surface area contributed by atoms with E-state index in [-0.39, 0.29) is 12.5 Å². The molecule has 0 spiro atoms. The fraction of sp³-hybridized carbons (Fsp3) is 0.400. The minimum atomic E-state index is 0.0822. The Morgan fingerprint density at radius 1 is 1.30 bits per heavy atom. The Morgan fingerprint density at radius 2 is 2.17 bits per heavy atom. The Bertz CT molecular complexity index is 690. The fourth-order valence-electron chi connectivity index (χ4n) is 2.55. The van der Waals surface area contributed by atoms with E-state index in [0.29, 0.717) is 42.9 Å². The third-order valence-corrected chi connectivity index (χ3v) is 3.95. The first kappa shape index (κ1) is 15.9. The van der Waals surface area contributed by atoms with Gasteiger partial charge in [0.05, 0.1) is 19.6 Å². The molecule has 2 heterocycles. The van der Waals surface area contributed by atoms with Crippen molar-refractivity contribution in [2.45, 2.75) is 19.6 Å². The number of halogens is 1. The summed E-state index contributed by atoms with van der Waals surface area (Å²) in [7, 11) is 0. The van der Waals surface area contributed by atoms with Gasteiger partial charge in [0.25, 0.3) is 0 Å². The first-order valence-electron chi connectivity index (χ1n) is 7.40.